The molecule has 0 atom stereocenters. The van der Waals surface area contributed by atoms with Gasteiger partial charge < -0.3 is 19.7 Å². The molecule has 0 fully saturated rings. The summed E-state index contributed by atoms with van der Waals surface area (Å²) in [5.41, 5.74) is 1.27. The predicted octanol–water partition coefficient (Wildman–Crippen LogP) is 4.99. The Morgan fingerprint density at radius 2 is 1.17 bits per heavy atom. The molecule has 0 aliphatic heterocycles. The normalized spacial score (nSPS) is 11.4. The Labute approximate surface area is 178 Å². The van der Waals surface area contributed by atoms with E-state index in [0.717, 1.165) is 25.7 Å². The molecule has 0 saturated carbocycles. The number of rotatable bonds is 13. The van der Waals surface area contributed by atoms with Crippen molar-refractivity contribution in [1.82, 2.24) is 0 Å². The molecule has 6 nitrogen and oxygen atoms in total. The van der Waals surface area contributed by atoms with Crippen molar-refractivity contribution in [1.29, 1.82) is 0 Å². The molecule has 0 saturated heterocycles. The van der Waals surface area contributed by atoms with E-state index in [4.69, 9.17) is 9.47 Å². The van der Waals surface area contributed by atoms with Gasteiger partial charge in [0.25, 0.3) is 0 Å². The summed E-state index contributed by atoms with van der Waals surface area (Å²) in [5.74, 6) is 1.60. The lowest BCUT2D eigenvalue weighted by Gasteiger charge is -2.07. The molecule has 0 heterocycles. The number of hydrogen-bond donors (Lipinski definition) is 2. The van der Waals surface area contributed by atoms with Crippen LogP contribution >= 0.6 is 0 Å². The minimum atomic E-state index is 0.141. The van der Waals surface area contributed by atoms with Gasteiger partial charge in [-0.05, 0) is 37.1 Å². The molecule has 0 aliphatic carbocycles. The molecule has 0 spiro atoms. The Hall–Kier alpha value is -3.02. The third-order valence-electron chi connectivity index (χ3n) is 4.36. The van der Waals surface area contributed by atoms with Crippen LogP contribution in [0.25, 0.3) is 0 Å². The molecule has 0 bridgehead atoms. The average molecular weight is 413 g/mol. The van der Waals surface area contributed by atoms with E-state index in [0.29, 0.717) is 48.9 Å². The van der Waals surface area contributed by atoms with E-state index < -0.39 is 0 Å². The van der Waals surface area contributed by atoms with E-state index in [2.05, 4.69) is 23.8 Å². The second kappa shape index (κ2) is 13.2. The van der Waals surface area contributed by atoms with E-state index in [1.54, 1.807) is 36.7 Å². The van der Waals surface area contributed by atoms with Gasteiger partial charge in [0.1, 0.15) is 23.0 Å². The minimum Gasteiger partial charge on any atom is -0.507 e. The van der Waals surface area contributed by atoms with Crippen LogP contribution in [-0.4, -0.2) is 48.9 Å². The molecule has 162 valence electrons. The first-order chi connectivity index (χ1) is 14.6. The highest BCUT2D eigenvalue weighted by Crippen LogP contribution is 2.23. The Balaban J connectivity index is 1.78. The number of aliphatic imine (C=N–C) groups is 2. The van der Waals surface area contributed by atoms with E-state index in [1.807, 2.05) is 12.1 Å². The van der Waals surface area contributed by atoms with Gasteiger partial charge in [-0.1, -0.05) is 26.7 Å². The van der Waals surface area contributed by atoms with Gasteiger partial charge in [0, 0.05) is 35.7 Å². The topological polar surface area (TPSA) is 83.6 Å². The SMILES string of the molecule is CCCCOc1ccc(C=NCCN=Cc2ccc(OCCCC)cc2O)c(O)c1. The molecular weight excluding hydrogens is 380 g/mol. The van der Waals surface area contributed by atoms with Crippen molar-refractivity contribution < 1.29 is 19.7 Å². The van der Waals surface area contributed by atoms with E-state index in [-0.39, 0.29) is 11.5 Å². The number of aromatic hydroxyl groups is 2. The van der Waals surface area contributed by atoms with Gasteiger partial charge in [0.15, 0.2) is 0 Å². The summed E-state index contributed by atoms with van der Waals surface area (Å²) >= 11 is 0. The maximum absolute atomic E-state index is 10.1. The number of hydrogen-bond acceptors (Lipinski definition) is 6. The first-order valence-corrected chi connectivity index (χ1v) is 10.5. The number of ether oxygens (including phenoxy) is 2. The van der Waals surface area contributed by atoms with E-state index in [9.17, 15) is 10.2 Å². The molecule has 0 radical (unpaired) electrons. The zero-order valence-electron chi connectivity index (χ0n) is 17.9. The van der Waals surface area contributed by atoms with Gasteiger partial charge >= 0.3 is 0 Å². The van der Waals surface area contributed by atoms with Crippen LogP contribution in [0.5, 0.6) is 23.0 Å². The number of unbranched alkanes of at least 4 members (excludes halogenated alkanes) is 2. The third-order valence-corrected chi connectivity index (χ3v) is 4.36. The summed E-state index contributed by atoms with van der Waals surface area (Å²) in [6, 6.07) is 10.4. The van der Waals surface area contributed by atoms with E-state index in [1.165, 1.54) is 0 Å². The van der Waals surface area contributed by atoms with Crippen molar-refractivity contribution in [3.8, 4) is 23.0 Å². The minimum absolute atomic E-state index is 0.141. The smallest absolute Gasteiger partial charge is 0.128 e. The molecule has 0 amide bonds. The van der Waals surface area contributed by atoms with Gasteiger partial charge in [-0.15, -0.1) is 0 Å². The largest absolute Gasteiger partial charge is 0.507 e. The molecule has 0 unspecified atom stereocenters. The van der Waals surface area contributed by atoms with Gasteiger partial charge in [-0.2, -0.15) is 0 Å². The fourth-order valence-corrected chi connectivity index (χ4v) is 2.55. The fraction of sp³-hybridized carbons (Fsp3) is 0.417. The number of benzene rings is 2. The highest BCUT2D eigenvalue weighted by Gasteiger charge is 2.02. The number of phenols is 2. The highest BCUT2D eigenvalue weighted by molar-refractivity contribution is 5.84. The van der Waals surface area contributed by atoms with Crippen LogP contribution in [0.4, 0.5) is 0 Å². The molecule has 2 N–H and O–H groups in total. The molecule has 2 aromatic rings. The van der Waals surface area contributed by atoms with Crippen LogP contribution in [-0.2, 0) is 0 Å². The van der Waals surface area contributed by atoms with Crippen LogP contribution in [0.1, 0.15) is 50.7 Å². The highest BCUT2D eigenvalue weighted by atomic mass is 16.5. The van der Waals surface area contributed by atoms with Crippen molar-refractivity contribution in [2.45, 2.75) is 39.5 Å². The van der Waals surface area contributed by atoms with Crippen molar-refractivity contribution in [2.75, 3.05) is 26.3 Å². The van der Waals surface area contributed by atoms with Crippen molar-refractivity contribution in [3.05, 3.63) is 47.5 Å². The van der Waals surface area contributed by atoms with Crippen LogP contribution in [0.2, 0.25) is 0 Å². The fourth-order valence-electron chi connectivity index (χ4n) is 2.55. The predicted molar refractivity (Wildman–Crippen MR) is 122 cm³/mol. The summed E-state index contributed by atoms with van der Waals surface area (Å²) < 4.78 is 11.1. The van der Waals surface area contributed by atoms with Crippen LogP contribution in [0, 0.1) is 0 Å². The molecule has 6 heteroatoms. The lowest BCUT2D eigenvalue weighted by molar-refractivity contribution is 0.307. The third kappa shape index (κ3) is 8.15. The van der Waals surface area contributed by atoms with Gasteiger partial charge in [-0.3, -0.25) is 9.98 Å². The van der Waals surface area contributed by atoms with Gasteiger partial charge in [0.05, 0.1) is 26.3 Å². The van der Waals surface area contributed by atoms with Crippen LogP contribution in [0.3, 0.4) is 0 Å². The van der Waals surface area contributed by atoms with Crippen molar-refractivity contribution in [3.63, 3.8) is 0 Å². The summed E-state index contributed by atoms with van der Waals surface area (Å²) in [5, 5.41) is 20.2. The van der Waals surface area contributed by atoms with Crippen LogP contribution in [0.15, 0.2) is 46.4 Å². The zero-order valence-corrected chi connectivity index (χ0v) is 17.9. The quantitative estimate of drug-likeness (QED) is 0.358. The summed E-state index contributed by atoms with van der Waals surface area (Å²) in [6.07, 6.45) is 7.36. The Bertz CT molecular complexity index is 764. The molecule has 2 rings (SSSR count). The standard InChI is InChI=1S/C24H32N2O4/c1-3-5-13-29-21-9-7-19(23(27)15-21)17-25-11-12-26-18-20-8-10-22(16-24(20)28)30-14-6-4-2/h7-10,15-18,27-28H,3-6,11-14H2,1-2H3. The molecule has 2 aromatic carbocycles. The van der Waals surface area contributed by atoms with Crippen molar-refractivity contribution >= 4 is 12.4 Å². The molecule has 30 heavy (non-hydrogen) atoms. The van der Waals surface area contributed by atoms with Gasteiger partial charge in [0.2, 0.25) is 0 Å². The first kappa shape index (κ1) is 23.3. The summed E-state index contributed by atoms with van der Waals surface area (Å²) in [6.45, 7) is 6.45. The Morgan fingerprint density at radius 3 is 1.53 bits per heavy atom. The maximum atomic E-state index is 10.1. The summed E-state index contributed by atoms with van der Waals surface area (Å²) in [7, 11) is 0. The van der Waals surface area contributed by atoms with Crippen LogP contribution < -0.4 is 9.47 Å². The Morgan fingerprint density at radius 1 is 0.733 bits per heavy atom. The van der Waals surface area contributed by atoms with Crippen molar-refractivity contribution in [2.24, 2.45) is 9.98 Å². The molecule has 0 aromatic heterocycles. The Kier molecular flexibility index (Phi) is 10.3. The first-order valence-electron chi connectivity index (χ1n) is 10.5. The molecule has 0 aliphatic rings. The lowest BCUT2D eigenvalue weighted by Crippen LogP contribution is -1.97. The van der Waals surface area contributed by atoms with E-state index >= 15 is 0 Å². The lowest BCUT2D eigenvalue weighted by atomic mass is 10.2. The number of phenolic OH excluding ortho intramolecular Hbond substituents is 2. The number of nitrogens with zero attached hydrogens (tertiary/aromatic N) is 2. The van der Waals surface area contributed by atoms with Gasteiger partial charge in [-0.25, -0.2) is 0 Å². The second-order valence-corrected chi connectivity index (χ2v) is 6.92. The average Bonchev–Trinajstić information content (AvgIpc) is 2.73. The second-order valence-electron chi connectivity index (χ2n) is 6.92. The maximum Gasteiger partial charge on any atom is 0.128 e. The monoisotopic (exact) mass is 412 g/mol. The molecular formula is C24H32N2O4. The zero-order chi connectivity index (χ0) is 21.6. The summed E-state index contributed by atoms with van der Waals surface area (Å²) in [4.78, 5) is 8.59.